The second-order valence-corrected chi connectivity index (χ2v) is 6.02. The number of aryl methyl sites for hydroxylation is 1. The Morgan fingerprint density at radius 2 is 2.40 bits per heavy atom. The molecule has 2 aliphatic rings. The molecule has 2 fully saturated rings. The van der Waals surface area contributed by atoms with Gasteiger partial charge in [0, 0.05) is 44.6 Å². The third-order valence-corrected chi connectivity index (χ3v) is 4.62. The van der Waals surface area contributed by atoms with Gasteiger partial charge in [-0.25, -0.2) is 9.78 Å². The van der Waals surface area contributed by atoms with E-state index in [0.717, 1.165) is 25.2 Å². The van der Waals surface area contributed by atoms with Crippen LogP contribution in [0.4, 0.5) is 4.79 Å². The molecule has 0 aromatic carbocycles. The van der Waals surface area contributed by atoms with Crippen LogP contribution in [0.1, 0.15) is 25.1 Å². The zero-order chi connectivity index (χ0) is 14.2. The predicted octanol–water partition coefficient (Wildman–Crippen LogP) is -0.120. The van der Waals surface area contributed by atoms with Gasteiger partial charge in [-0.2, -0.15) is 5.10 Å². The van der Waals surface area contributed by atoms with Crippen LogP contribution in [0.15, 0.2) is 6.33 Å². The molecule has 7 heteroatoms. The molecule has 2 heterocycles. The largest absolute Gasteiger partial charge is 0.338 e. The van der Waals surface area contributed by atoms with E-state index >= 15 is 0 Å². The predicted molar refractivity (Wildman–Crippen MR) is 73.9 cm³/mol. The van der Waals surface area contributed by atoms with Gasteiger partial charge >= 0.3 is 6.03 Å². The minimum absolute atomic E-state index is 0.0137. The van der Waals surface area contributed by atoms with Gasteiger partial charge in [-0.05, 0) is 12.8 Å². The van der Waals surface area contributed by atoms with Crippen LogP contribution >= 0.6 is 0 Å². The van der Waals surface area contributed by atoms with Crippen molar-refractivity contribution >= 4 is 6.03 Å². The summed E-state index contributed by atoms with van der Waals surface area (Å²) in [7, 11) is 1.83. The van der Waals surface area contributed by atoms with Crippen LogP contribution in [0.3, 0.4) is 0 Å². The fourth-order valence-corrected chi connectivity index (χ4v) is 3.20. The Kier molecular flexibility index (Phi) is 3.37. The third kappa shape index (κ3) is 2.37. The first-order valence-corrected chi connectivity index (χ1v) is 7.22. The lowest BCUT2D eigenvalue weighted by Crippen LogP contribution is -2.45. The molecule has 1 saturated carbocycles. The second kappa shape index (κ2) is 5.05. The molecule has 1 aromatic rings. The summed E-state index contributed by atoms with van der Waals surface area (Å²) in [5, 5.41) is 7.11. The lowest BCUT2D eigenvalue weighted by Gasteiger charge is -2.41. The lowest BCUT2D eigenvalue weighted by molar-refractivity contribution is 0.125. The van der Waals surface area contributed by atoms with Crippen molar-refractivity contribution in [1.29, 1.82) is 0 Å². The molecule has 3 rings (SSSR count). The molecule has 1 aromatic heterocycles. The summed E-state index contributed by atoms with van der Waals surface area (Å²) in [6.45, 7) is 2.04. The maximum absolute atomic E-state index is 12.1. The molecule has 1 aliphatic carbocycles. The highest BCUT2D eigenvalue weighted by Gasteiger charge is 2.49. The van der Waals surface area contributed by atoms with E-state index in [1.807, 2.05) is 11.9 Å². The first kappa shape index (κ1) is 13.4. The Hall–Kier alpha value is -1.63. The maximum Gasteiger partial charge on any atom is 0.317 e. The number of urea groups is 1. The highest BCUT2D eigenvalue weighted by atomic mass is 16.2. The molecule has 0 bridgehead atoms. The monoisotopic (exact) mass is 278 g/mol. The molecule has 1 aliphatic heterocycles. The van der Waals surface area contributed by atoms with Crippen molar-refractivity contribution in [3.05, 3.63) is 12.2 Å². The average Bonchev–Trinajstić information content (AvgIpc) is 2.92. The van der Waals surface area contributed by atoms with Crippen molar-refractivity contribution in [3.8, 4) is 0 Å². The Morgan fingerprint density at radius 3 is 2.95 bits per heavy atom. The number of amides is 2. The molecule has 110 valence electrons. The van der Waals surface area contributed by atoms with Crippen LogP contribution in [0, 0.1) is 5.41 Å². The van der Waals surface area contributed by atoms with Crippen molar-refractivity contribution in [2.75, 3.05) is 19.6 Å². The number of carbonyl (C=O) groups is 1. The normalized spacial score (nSPS) is 23.9. The number of hydrogen-bond donors (Lipinski definition) is 2. The van der Waals surface area contributed by atoms with Gasteiger partial charge in [0.1, 0.15) is 6.33 Å². The first-order valence-electron chi connectivity index (χ1n) is 7.22. The molecule has 1 spiro atoms. The summed E-state index contributed by atoms with van der Waals surface area (Å²) >= 11 is 0. The Morgan fingerprint density at radius 1 is 1.60 bits per heavy atom. The van der Waals surface area contributed by atoms with Crippen LogP contribution in [0.5, 0.6) is 0 Å². The van der Waals surface area contributed by atoms with E-state index in [-0.39, 0.29) is 17.5 Å². The number of rotatable bonds is 3. The number of carbonyl (C=O) groups excluding carboxylic acids is 1. The topological polar surface area (TPSA) is 89.1 Å². The standard InChI is InChI=1S/C13H22N6O/c1-18-9-16-11(17-18)3-6-15-12(20)19-7-10(14)13(8-19)4-2-5-13/h9-10H,2-8,14H2,1H3,(H,15,20). The molecular formula is C13H22N6O. The summed E-state index contributed by atoms with van der Waals surface area (Å²) in [5.41, 5.74) is 6.39. The quantitative estimate of drug-likeness (QED) is 0.806. The molecule has 20 heavy (non-hydrogen) atoms. The number of nitrogens with one attached hydrogen (secondary N) is 1. The highest BCUT2D eigenvalue weighted by molar-refractivity contribution is 5.74. The molecule has 2 amide bonds. The minimum Gasteiger partial charge on any atom is -0.338 e. The van der Waals surface area contributed by atoms with Crippen LogP contribution in [-0.2, 0) is 13.5 Å². The van der Waals surface area contributed by atoms with E-state index in [2.05, 4.69) is 15.4 Å². The molecule has 0 radical (unpaired) electrons. The van der Waals surface area contributed by atoms with E-state index in [1.54, 1.807) is 11.0 Å². The molecular weight excluding hydrogens is 256 g/mol. The van der Waals surface area contributed by atoms with Crippen molar-refractivity contribution in [3.63, 3.8) is 0 Å². The van der Waals surface area contributed by atoms with Gasteiger partial charge in [0.2, 0.25) is 0 Å². The van der Waals surface area contributed by atoms with Gasteiger partial charge in [0.25, 0.3) is 0 Å². The maximum atomic E-state index is 12.1. The van der Waals surface area contributed by atoms with Crippen molar-refractivity contribution < 1.29 is 4.79 Å². The van der Waals surface area contributed by atoms with Gasteiger partial charge in [-0.15, -0.1) is 0 Å². The van der Waals surface area contributed by atoms with E-state index in [1.165, 1.54) is 6.42 Å². The zero-order valence-corrected chi connectivity index (χ0v) is 11.9. The molecule has 1 unspecified atom stereocenters. The van der Waals surface area contributed by atoms with Gasteiger partial charge in [0.15, 0.2) is 5.82 Å². The summed E-state index contributed by atoms with van der Waals surface area (Å²) in [5.74, 6) is 0.751. The average molecular weight is 278 g/mol. The first-order chi connectivity index (χ1) is 9.59. The minimum atomic E-state index is -0.0137. The Bertz CT molecular complexity index is 495. The molecule has 3 N–H and O–H groups in total. The molecule has 7 nitrogen and oxygen atoms in total. The fraction of sp³-hybridized carbons (Fsp3) is 0.769. The van der Waals surface area contributed by atoms with Crippen LogP contribution < -0.4 is 11.1 Å². The Labute approximate surface area is 118 Å². The molecule has 1 saturated heterocycles. The summed E-state index contributed by atoms with van der Waals surface area (Å²) in [6, 6.07) is 0.125. The lowest BCUT2D eigenvalue weighted by atomic mass is 9.66. The van der Waals surface area contributed by atoms with Crippen molar-refractivity contribution in [2.45, 2.75) is 31.7 Å². The van der Waals surface area contributed by atoms with Gasteiger partial charge in [-0.1, -0.05) is 6.42 Å². The number of hydrogen-bond acceptors (Lipinski definition) is 4. The van der Waals surface area contributed by atoms with Crippen molar-refractivity contribution in [2.24, 2.45) is 18.2 Å². The van der Waals surface area contributed by atoms with E-state index in [4.69, 9.17) is 5.73 Å². The number of likely N-dealkylation sites (tertiary alicyclic amines) is 1. The van der Waals surface area contributed by atoms with E-state index in [9.17, 15) is 4.79 Å². The SMILES string of the molecule is Cn1cnc(CCNC(=O)N2CC(N)C3(CCC3)C2)n1. The molecule has 1 atom stereocenters. The number of nitrogens with zero attached hydrogens (tertiary/aromatic N) is 4. The van der Waals surface area contributed by atoms with Gasteiger partial charge in [0.05, 0.1) is 0 Å². The summed E-state index contributed by atoms with van der Waals surface area (Å²) in [6.07, 6.45) is 5.88. The Balaban J connectivity index is 1.45. The van der Waals surface area contributed by atoms with Gasteiger partial charge in [-0.3, -0.25) is 4.68 Å². The van der Waals surface area contributed by atoms with Crippen LogP contribution in [-0.4, -0.2) is 51.4 Å². The highest BCUT2D eigenvalue weighted by Crippen LogP contribution is 2.47. The summed E-state index contributed by atoms with van der Waals surface area (Å²) < 4.78 is 1.66. The van der Waals surface area contributed by atoms with E-state index in [0.29, 0.717) is 19.5 Å². The third-order valence-electron chi connectivity index (χ3n) is 4.62. The fourth-order valence-electron chi connectivity index (χ4n) is 3.20. The smallest absolute Gasteiger partial charge is 0.317 e. The second-order valence-electron chi connectivity index (χ2n) is 6.02. The number of aromatic nitrogens is 3. The number of nitrogens with two attached hydrogens (primary N) is 1. The van der Waals surface area contributed by atoms with Gasteiger partial charge < -0.3 is 16.0 Å². The van der Waals surface area contributed by atoms with Crippen molar-refractivity contribution in [1.82, 2.24) is 25.0 Å². The van der Waals surface area contributed by atoms with E-state index < -0.39 is 0 Å². The zero-order valence-electron chi connectivity index (χ0n) is 11.9. The van der Waals surface area contributed by atoms with Crippen LogP contribution in [0.2, 0.25) is 0 Å². The van der Waals surface area contributed by atoms with Crippen LogP contribution in [0.25, 0.3) is 0 Å². The summed E-state index contributed by atoms with van der Waals surface area (Å²) in [4.78, 5) is 18.1.